The van der Waals surface area contributed by atoms with Gasteiger partial charge in [-0.05, 0) is 37.5 Å². The molecule has 6 nitrogen and oxygen atoms in total. The summed E-state index contributed by atoms with van der Waals surface area (Å²) in [5, 5.41) is 9.55. The van der Waals surface area contributed by atoms with E-state index in [2.05, 4.69) is 0 Å². The summed E-state index contributed by atoms with van der Waals surface area (Å²) in [6.07, 6.45) is 1.60. The smallest absolute Gasteiger partial charge is 0.329 e. The van der Waals surface area contributed by atoms with Crippen LogP contribution in [0.15, 0.2) is 18.2 Å². The van der Waals surface area contributed by atoms with E-state index in [1.54, 1.807) is 25.1 Å². The maximum absolute atomic E-state index is 12.7. The largest absolute Gasteiger partial charge is 0.479 e. The summed E-state index contributed by atoms with van der Waals surface area (Å²) in [5.74, 6) is -0.0722. The van der Waals surface area contributed by atoms with Gasteiger partial charge in [0.25, 0.3) is 5.91 Å². The molecule has 0 aromatic heterocycles. The molecule has 1 aromatic carbocycles. The van der Waals surface area contributed by atoms with Crippen molar-refractivity contribution in [2.24, 2.45) is 0 Å². The Kier molecular flexibility index (Phi) is 3.23. The number of likely N-dealkylation sites (tertiary alicyclic amines) is 1. The first kappa shape index (κ1) is 13.7. The minimum absolute atomic E-state index is 0.144. The Labute approximate surface area is 122 Å². The predicted molar refractivity (Wildman–Crippen MR) is 73.5 cm³/mol. The molecule has 3 rings (SSSR count). The molecule has 1 fully saturated rings. The van der Waals surface area contributed by atoms with Gasteiger partial charge in [0.1, 0.15) is 5.54 Å². The van der Waals surface area contributed by atoms with Crippen molar-refractivity contribution >= 4 is 11.9 Å². The van der Waals surface area contributed by atoms with Gasteiger partial charge < -0.3 is 19.5 Å². The SMILES string of the molecule is CCC1(C(=O)O)CCCN1C(=O)c1ccc2c(c1)OCO2. The average molecular weight is 291 g/mol. The number of rotatable bonds is 3. The van der Waals surface area contributed by atoms with Gasteiger partial charge in [0.05, 0.1) is 0 Å². The van der Waals surface area contributed by atoms with Crippen LogP contribution in [0, 0.1) is 0 Å². The number of carboxylic acid groups (broad SMARTS) is 1. The fourth-order valence-corrected chi connectivity index (χ4v) is 3.10. The van der Waals surface area contributed by atoms with Crippen LogP contribution in [0.5, 0.6) is 11.5 Å². The van der Waals surface area contributed by atoms with Gasteiger partial charge in [0.2, 0.25) is 6.79 Å². The molecule has 0 aliphatic carbocycles. The number of carbonyl (C=O) groups excluding carboxylic acids is 1. The third kappa shape index (κ3) is 2.02. The van der Waals surface area contributed by atoms with Gasteiger partial charge in [-0.15, -0.1) is 0 Å². The fraction of sp³-hybridized carbons (Fsp3) is 0.467. The Bertz CT molecular complexity index is 600. The predicted octanol–water partition coefficient (Wildman–Crippen LogP) is 1.88. The summed E-state index contributed by atoms with van der Waals surface area (Å²) < 4.78 is 10.5. The molecule has 1 aromatic rings. The van der Waals surface area contributed by atoms with E-state index in [0.717, 1.165) is 0 Å². The number of amides is 1. The van der Waals surface area contributed by atoms with E-state index >= 15 is 0 Å². The lowest BCUT2D eigenvalue weighted by atomic mass is 9.92. The Hall–Kier alpha value is -2.24. The highest BCUT2D eigenvalue weighted by Gasteiger charge is 2.48. The first-order valence-corrected chi connectivity index (χ1v) is 7.03. The Balaban J connectivity index is 1.92. The van der Waals surface area contributed by atoms with Crippen LogP contribution >= 0.6 is 0 Å². The van der Waals surface area contributed by atoms with E-state index in [4.69, 9.17) is 9.47 Å². The van der Waals surface area contributed by atoms with Crippen molar-refractivity contribution in [3.8, 4) is 11.5 Å². The molecule has 0 bridgehead atoms. The van der Waals surface area contributed by atoms with E-state index in [0.29, 0.717) is 42.9 Å². The van der Waals surface area contributed by atoms with Gasteiger partial charge in [0.15, 0.2) is 11.5 Å². The second-order valence-electron chi connectivity index (χ2n) is 5.32. The highest BCUT2D eigenvalue weighted by molar-refractivity contribution is 5.98. The molecule has 6 heteroatoms. The van der Waals surface area contributed by atoms with E-state index in [1.165, 1.54) is 4.90 Å². The van der Waals surface area contributed by atoms with E-state index in [1.807, 2.05) is 0 Å². The number of fused-ring (bicyclic) bond motifs is 1. The quantitative estimate of drug-likeness (QED) is 0.920. The topological polar surface area (TPSA) is 76.1 Å². The first-order chi connectivity index (χ1) is 10.1. The minimum Gasteiger partial charge on any atom is -0.479 e. The molecule has 1 amide bonds. The number of carboxylic acids is 1. The number of hydrogen-bond donors (Lipinski definition) is 1. The molecule has 0 radical (unpaired) electrons. The monoisotopic (exact) mass is 291 g/mol. The molecule has 1 unspecified atom stereocenters. The molecule has 2 aliphatic rings. The zero-order valence-electron chi connectivity index (χ0n) is 11.8. The number of hydrogen-bond acceptors (Lipinski definition) is 4. The lowest BCUT2D eigenvalue weighted by molar-refractivity contribution is -0.148. The van der Waals surface area contributed by atoms with Gasteiger partial charge in [0, 0.05) is 12.1 Å². The standard InChI is InChI=1S/C15H17NO5/c1-2-15(14(18)19)6-3-7-16(15)13(17)10-4-5-11-12(8-10)21-9-20-11/h4-5,8H,2-3,6-7,9H2,1H3,(H,18,19). The molecule has 2 aliphatic heterocycles. The lowest BCUT2D eigenvalue weighted by Gasteiger charge is -2.34. The maximum atomic E-state index is 12.7. The molecular weight excluding hydrogens is 274 g/mol. The highest BCUT2D eigenvalue weighted by atomic mass is 16.7. The molecular formula is C15H17NO5. The summed E-state index contributed by atoms with van der Waals surface area (Å²) >= 11 is 0. The van der Waals surface area contributed by atoms with Gasteiger partial charge in [-0.1, -0.05) is 6.92 Å². The Morgan fingerprint density at radius 3 is 2.81 bits per heavy atom. The number of carbonyl (C=O) groups is 2. The zero-order chi connectivity index (χ0) is 15.0. The van der Waals surface area contributed by atoms with Crippen LogP contribution in [0.1, 0.15) is 36.5 Å². The minimum atomic E-state index is -1.09. The van der Waals surface area contributed by atoms with Crippen LogP contribution in [0.25, 0.3) is 0 Å². The fourth-order valence-electron chi connectivity index (χ4n) is 3.10. The molecule has 1 saturated heterocycles. The normalized spacial score (nSPS) is 23.4. The second-order valence-corrected chi connectivity index (χ2v) is 5.32. The molecule has 112 valence electrons. The van der Waals surface area contributed by atoms with Crippen LogP contribution in [0.2, 0.25) is 0 Å². The van der Waals surface area contributed by atoms with Crippen LogP contribution in [0.3, 0.4) is 0 Å². The van der Waals surface area contributed by atoms with E-state index in [-0.39, 0.29) is 12.7 Å². The molecule has 0 saturated carbocycles. The third-order valence-electron chi connectivity index (χ3n) is 4.34. The highest BCUT2D eigenvalue weighted by Crippen LogP contribution is 2.36. The lowest BCUT2D eigenvalue weighted by Crippen LogP contribution is -2.52. The number of aliphatic carboxylic acids is 1. The Morgan fingerprint density at radius 1 is 1.33 bits per heavy atom. The molecule has 1 atom stereocenters. The van der Waals surface area contributed by atoms with Crippen molar-refractivity contribution in [1.82, 2.24) is 4.90 Å². The summed E-state index contributed by atoms with van der Waals surface area (Å²) in [7, 11) is 0. The van der Waals surface area contributed by atoms with Crippen molar-refractivity contribution in [2.45, 2.75) is 31.7 Å². The molecule has 2 heterocycles. The molecule has 21 heavy (non-hydrogen) atoms. The summed E-state index contributed by atoms with van der Waals surface area (Å²) in [6, 6.07) is 4.95. The summed E-state index contributed by atoms with van der Waals surface area (Å²) in [5.41, 5.74) is -0.659. The van der Waals surface area contributed by atoms with E-state index < -0.39 is 11.5 Å². The number of benzene rings is 1. The van der Waals surface area contributed by atoms with Crippen LogP contribution in [0.4, 0.5) is 0 Å². The van der Waals surface area contributed by atoms with Crippen molar-refractivity contribution in [1.29, 1.82) is 0 Å². The maximum Gasteiger partial charge on any atom is 0.329 e. The van der Waals surface area contributed by atoms with Crippen LogP contribution < -0.4 is 9.47 Å². The number of nitrogens with zero attached hydrogens (tertiary/aromatic N) is 1. The summed E-state index contributed by atoms with van der Waals surface area (Å²) in [6.45, 7) is 2.41. The summed E-state index contributed by atoms with van der Waals surface area (Å²) in [4.78, 5) is 25.8. The third-order valence-corrected chi connectivity index (χ3v) is 4.34. The van der Waals surface area contributed by atoms with Gasteiger partial charge in [-0.3, -0.25) is 4.79 Å². The Morgan fingerprint density at radius 2 is 2.10 bits per heavy atom. The van der Waals surface area contributed by atoms with Crippen molar-refractivity contribution in [2.75, 3.05) is 13.3 Å². The zero-order valence-corrected chi connectivity index (χ0v) is 11.8. The van der Waals surface area contributed by atoms with E-state index in [9.17, 15) is 14.7 Å². The van der Waals surface area contributed by atoms with Crippen LogP contribution in [-0.2, 0) is 4.79 Å². The van der Waals surface area contributed by atoms with Crippen molar-refractivity contribution in [3.05, 3.63) is 23.8 Å². The van der Waals surface area contributed by atoms with Gasteiger partial charge >= 0.3 is 5.97 Å². The average Bonchev–Trinajstić information content (AvgIpc) is 3.12. The van der Waals surface area contributed by atoms with Crippen molar-refractivity contribution < 1.29 is 24.2 Å². The first-order valence-electron chi connectivity index (χ1n) is 7.03. The second kappa shape index (κ2) is 4.95. The van der Waals surface area contributed by atoms with Gasteiger partial charge in [-0.25, -0.2) is 4.79 Å². The van der Waals surface area contributed by atoms with Crippen LogP contribution in [-0.4, -0.2) is 40.8 Å². The van der Waals surface area contributed by atoms with Crippen molar-refractivity contribution in [3.63, 3.8) is 0 Å². The molecule has 0 spiro atoms. The number of ether oxygens (including phenoxy) is 2. The molecule has 1 N–H and O–H groups in total. The van der Waals surface area contributed by atoms with Gasteiger partial charge in [-0.2, -0.15) is 0 Å².